The summed E-state index contributed by atoms with van der Waals surface area (Å²) in [6, 6.07) is 8.03. The van der Waals surface area contributed by atoms with Crippen molar-refractivity contribution in [1.82, 2.24) is 19.6 Å². The van der Waals surface area contributed by atoms with Crippen LogP contribution in [-0.2, 0) is 30.8 Å². The molecule has 1 fully saturated rings. The van der Waals surface area contributed by atoms with Gasteiger partial charge in [0.1, 0.15) is 0 Å². The molecule has 0 aliphatic carbocycles. The van der Waals surface area contributed by atoms with Crippen molar-refractivity contribution in [1.29, 1.82) is 0 Å². The normalized spacial score (nSPS) is 15.3. The van der Waals surface area contributed by atoms with E-state index < -0.39 is 22.1 Å². The zero-order chi connectivity index (χ0) is 23.1. The highest BCUT2D eigenvalue weighted by Crippen LogP contribution is 2.14. The first-order chi connectivity index (χ1) is 15.3. The molecular formula is C21H27N5O5S. The van der Waals surface area contributed by atoms with Crippen LogP contribution in [0.25, 0.3) is 0 Å². The zero-order valence-corrected chi connectivity index (χ0v) is 18.9. The molecular weight excluding hydrogens is 434 g/mol. The summed E-state index contributed by atoms with van der Waals surface area (Å²) < 4.78 is 31.1. The molecule has 0 saturated carbocycles. The Kier molecular flexibility index (Phi) is 7.75. The molecule has 1 amide bonds. The van der Waals surface area contributed by atoms with Gasteiger partial charge in [0.05, 0.1) is 4.90 Å². The molecule has 1 saturated heterocycles. The molecule has 1 aromatic heterocycles. The molecule has 0 bridgehead atoms. The van der Waals surface area contributed by atoms with Gasteiger partial charge in [-0.3, -0.25) is 9.59 Å². The van der Waals surface area contributed by atoms with Gasteiger partial charge in [-0.25, -0.2) is 23.1 Å². The Bertz CT molecular complexity index is 1020. The molecule has 10 nitrogen and oxygen atoms in total. The minimum atomic E-state index is -3.50. The van der Waals surface area contributed by atoms with Crippen LogP contribution in [0.2, 0.25) is 0 Å². The van der Waals surface area contributed by atoms with Crippen LogP contribution in [0.4, 0.5) is 5.95 Å². The Hall–Kier alpha value is -3.05. The number of ether oxygens (including phenoxy) is 1. The lowest BCUT2D eigenvalue weighted by Gasteiger charge is -2.35. The first-order valence-corrected chi connectivity index (χ1v) is 11.8. The summed E-state index contributed by atoms with van der Waals surface area (Å²) in [4.78, 5) is 37.1. The van der Waals surface area contributed by atoms with E-state index in [0.29, 0.717) is 38.5 Å². The average Bonchev–Trinajstić information content (AvgIpc) is 2.83. The summed E-state index contributed by atoms with van der Waals surface area (Å²) in [5, 5.41) is 0. The molecule has 172 valence electrons. The van der Waals surface area contributed by atoms with E-state index in [4.69, 9.17) is 4.74 Å². The number of esters is 1. The number of carbonyl (C=O) groups excluding carboxylic acids is 2. The fraction of sp³-hybridized carbons (Fsp3) is 0.429. The highest BCUT2D eigenvalue weighted by atomic mass is 32.2. The number of aromatic nitrogens is 2. The van der Waals surface area contributed by atoms with Gasteiger partial charge in [0.2, 0.25) is 16.0 Å². The number of carbonyl (C=O) groups is 2. The molecule has 0 radical (unpaired) electrons. The molecule has 2 heterocycles. The third-order valence-electron chi connectivity index (χ3n) is 5.20. The minimum absolute atomic E-state index is 0.0921. The van der Waals surface area contributed by atoms with Gasteiger partial charge in [0, 0.05) is 45.0 Å². The summed E-state index contributed by atoms with van der Waals surface area (Å²) in [6.07, 6.45) is 2.97. The molecule has 32 heavy (non-hydrogen) atoms. The summed E-state index contributed by atoms with van der Waals surface area (Å²) in [5.74, 6) is -0.0710. The number of hydrogen-bond donors (Lipinski definition) is 1. The second-order valence-electron chi connectivity index (χ2n) is 7.34. The molecule has 1 aliphatic rings. The van der Waals surface area contributed by atoms with Crippen molar-refractivity contribution in [3.63, 3.8) is 0 Å². The van der Waals surface area contributed by atoms with Gasteiger partial charge in [0.25, 0.3) is 5.91 Å². The number of amides is 1. The van der Waals surface area contributed by atoms with Crippen LogP contribution in [0.5, 0.6) is 0 Å². The quantitative estimate of drug-likeness (QED) is 0.567. The van der Waals surface area contributed by atoms with Crippen LogP contribution in [-0.4, -0.2) is 74.5 Å². The fourth-order valence-electron chi connectivity index (χ4n) is 3.34. The first kappa shape index (κ1) is 23.6. The van der Waals surface area contributed by atoms with Gasteiger partial charge >= 0.3 is 5.97 Å². The van der Waals surface area contributed by atoms with Gasteiger partial charge in [-0.05, 0) is 44.2 Å². The maximum Gasteiger partial charge on any atom is 0.306 e. The van der Waals surface area contributed by atoms with Gasteiger partial charge in [0.15, 0.2) is 6.10 Å². The zero-order valence-electron chi connectivity index (χ0n) is 18.1. The smallest absolute Gasteiger partial charge is 0.306 e. The summed E-state index contributed by atoms with van der Waals surface area (Å²) in [7, 11) is -2.15. The number of nitrogens with one attached hydrogen (secondary N) is 1. The second-order valence-corrected chi connectivity index (χ2v) is 9.23. The van der Waals surface area contributed by atoms with Crippen LogP contribution in [0.15, 0.2) is 47.6 Å². The Balaban J connectivity index is 1.44. The van der Waals surface area contributed by atoms with Crippen LogP contribution in [0.1, 0.15) is 18.9 Å². The van der Waals surface area contributed by atoms with E-state index in [1.165, 1.54) is 19.2 Å². The van der Waals surface area contributed by atoms with E-state index in [1.807, 2.05) is 4.90 Å². The van der Waals surface area contributed by atoms with E-state index in [1.54, 1.807) is 42.4 Å². The Morgan fingerprint density at radius 2 is 1.72 bits per heavy atom. The van der Waals surface area contributed by atoms with E-state index in [2.05, 4.69) is 14.7 Å². The fourth-order valence-corrected chi connectivity index (χ4v) is 4.07. The topological polar surface area (TPSA) is 122 Å². The molecule has 1 aliphatic heterocycles. The summed E-state index contributed by atoms with van der Waals surface area (Å²) in [6.45, 7) is 3.79. The second kappa shape index (κ2) is 10.5. The van der Waals surface area contributed by atoms with E-state index >= 15 is 0 Å². The minimum Gasteiger partial charge on any atom is -0.453 e. The standard InChI is InChI=1S/C21H27N5O5S/c1-16(20(28)25-12-14-26(15-13-25)21-23-10-3-11-24-21)31-19(27)9-6-17-4-7-18(8-5-17)32(29,30)22-2/h3-5,7-8,10-11,16,22H,6,9,12-15H2,1-2H3. The van der Waals surface area contributed by atoms with Gasteiger partial charge in [-0.1, -0.05) is 12.1 Å². The summed E-state index contributed by atoms with van der Waals surface area (Å²) in [5.41, 5.74) is 0.801. The highest BCUT2D eigenvalue weighted by molar-refractivity contribution is 7.89. The van der Waals surface area contributed by atoms with Crippen molar-refractivity contribution in [2.24, 2.45) is 0 Å². The molecule has 2 aromatic rings. The number of rotatable bonds is 8. The largest absolute Gasteiger partial charge is 0.453 e. The SMILES string of the molecule is CNS(=O)(=O)c1ccc(CCC(=O)OC(C)C(=O)N2CCN(c3ncccn3)CC2)cc1. The van der Waals surface area contributed by atoms with Crippen molar-refractivity contribution < 1.29 is 22.7 Å². The van der Waals surface area contributed by atoms with Crippen molar-refractivity contribution in [2.75, 3.05) is 38.1 Å². The van der Waals surface area contributed by atoms with E-state index in [0.717, 1.165) is 5.56 Å². The Labute approximate surface area is 187 Å². The number of sulfonamides is 1. The number of anilines is 1. The van der Waals surface area contributed by atoms with Crippen LogP contribution >= 0.6 is 0 Å². The van der Waals surface area contributed by atoms with E-state index in [9.17, 15) is 18.0 Å². The Morgan fingerprint density at radius 3 is 2.31 bits per heavy atom. The Morgan fingerprint density at radius 1 is 1.09 bits per heavy atom. The number of hydrogen-bond acceptors (Lipinski definition) is 8. The lowest BCUT2D eigenvalue weighted by Crippen LogP contribution is -2.52. The molecule has 1 atom stereocenters. The maximum atomic E-state index is 12.6. The van der Waals surface area contributed by atoms with E-state index in [-0.39, 0.29) is 17.2 Å². The van der Waals surface area contributed by atoms with Crippen molar-refractivity contribution in [3.05, 3.63) is 48.3 Å². The van der Waals surface area contributed by atoms with Crippen LogP contribution in [0.3, 0.4) is 0 Å². The highest BCUT2D eigenvalue weighted by Gasteiger charge is 2.27. The third-order valence-corrected chi connectivity index (χ3v) is 6.63. The van der Waals surface area contributed by atoms with Crippen molar-refractivity contribution in [3.8, 4) is 0 Å². The average molecular weight is 462 g/mol. The van der Waals surface area contributed by atoms with Gasteiger partial charge in [-0.15, -0.1) is 0 Å². The summed E-state index contributed by atoms with van der Waals surface area (Å²) >= 11 is 0. The molecule has 1 aromatic carbocycles. The number of aryl methyl sites for hydroxylation is 1. The van der Waals surface area contributed by atoms with Gasteiger partial charge < -0.3 is 14.5 Å². The van der Waals surface area contributed by atoms with Crippen molar-refractivity contribution in [2.45, 2.75) is 30.8 Å². The molecule has 11 heteroatoms. The number of benzene rings is 1. The van der Waals surface area contributed by atoms with Crippen LogP contribution in [0, 0.1) is 0 Å². The number of piperazine rings is 1. The lowest BCUT2D eigenvalue weighted by atomic mass is 10.1. The third kappa shape index (κ3) is 6.01. The molecule has 3 rings (SSSR count). The molecule has 0 spiro atoms. The van der Waals surface area contributed by atoms with Crippen molar-refractivity contribution >= 4 is 27.8 Å². The monoisotopic (exact) mass is 461 g/mol. The molecule has 1 N–H and O–H groups in total. The molecule has 1 unspecified atom stereocenters. The van der Waals surface area contributed by atoms with Gasteiger partial charge in [-0.2, -0.15) is 0 Å². The first-order valence-electron chi connectivity index (χ1n) is 10.3. The predicted octanol–water partition coefficient (Wildman–Crippen LogP) is 0.598. The van der Waals surface area contributed by atoms with Crippen LogP contribution < -0.4 is 9.62 Å². The number of nitrogens with zero attached hydrogens (tertiary/aromatic N) is 4. The lowest BCUT2D eigenvalue weighted by molar-refractivity contribution is -0.159. The predicted molar refractivity (Wildman–Crippen MR) is 117 cm³/mol. The maximum absolute atomic E-state index is 12.6.